The number of carbonyl (C=O) groups is 3. The topological polar surface area (TPSA) is 87.3 Å². The van der Waals surface area contributed by atoms with Crippen LogP contribution in [0.4, 0.5) is 11.4 Å². The molecule has 0 aromatic heterocycles. The van der Waals surface area contributed by atoms with Crippen LogP contribution in [-0.2, 0) is 9.59 Å². The smallest absolute Gasteiger partial charge is 0.272 e. The number of aryl methyl sites for hydroxylation is 1. The monoisotopic (exact) mass is 675 g/mol. The van der Waals surface area contributed by atoms with E-state index in [0.717, 1.165) is 31.7 Å². The molecular weight excluding hydrogens is 646 g/mol. The van der Waals surface area contributed by atoms with Crippen molar-refractivity contribution in [1.82, 2.24) is 5.32 Å². The van der Waals surface area contributed by atoms with Crippen molar-refractivity contribution in [1.29, 1.82) is 0 Å². The molecule has 0 aliphatic rings. The number of hydrogen-bond donors (Lipinski definition) is 3. The molecule has 0 spiro atoms. The van der Waals surface area contributed by atoms with Crippen molar-refractivity contribution in [3.63, 3.8) is 0 Å². The maximum Gasteiger partial charge on any atom is 0.272 e. The summed E-state index contributed by atoms with van der Waals surface area (Å²) in [7, 11) is 0. The summed E-state index contributed by atoms with van der Waals surface area (Å²) in [6.07, 6.45) is 1.63. The zero-order valence-corrected chi connectivity index (χ0v) is 26.8. The Morgan fingerprint density at radius 3 is 2.04 bits per heavy atom. The fraction of sp³-hybridized carbons (Fsp3) is 0.0541. The van der Waals surface area contributed by atoms with Gasteiger partial charge in [-0.3, -0.25) is 14.4 Å². The zero-order chi connectivity index (χ0) is 31.6. The number of nitrogens with one attached hydrogen (secondary N) is 3. The Kier molecular flexibility index (Phi) is 10.6. The lowest BCUT2D eigenvalue weighted by molar-refractivity contribution is -0.116. The van der Waals surface area contributed by atoms with Crippen LogP contribution in [0.2, 0.25) is 0 Å². The summed E-state index contributed by atoms with van der Waals surface area (Å²) in [5.41, 5.74) is 4.51. The number of anilines is 2. The molecule has 0 saturated carbocycles. The molecule has 8 heteroatoms. The first-order valence-corrected chi connectivity index (χ1v) is 15.9. The van der Waals surface area contributed by atoms with Crippen LogP contribution in [0.15, 0.2) is 149 Å². The van der Waals surface area contributed by atoms with Crippen LogP contribution in [0.3, 0.4) is 0 Å². The molecule has 1 unspecified atom stereocenters. The molecule has 0 heterocycles. The summed E-state index contributed by atoms with van der Waals surface area (Å²) in [6.45, 7) is 1.98. The van der Waals surface area contributed by atoms with Gasteiger partial charge in [-0.1, -0.05) is 88.7 Å². The van der Waals surface area contributed by atoms with E-state index < -0.39 is 17.1 Å². The van der Waals surface area contributed by atoms with E-state index in [0.29, 0.717) is 11.3 Å². The van der Waals surface area contributed by atoms with E-state index >= 15 is 0 Å². The second kappa shape index (κ2) is 15.2. The summed E-state index contributed by atoms with van der Waals surface area (Å²) >= 11 is 4.84. The Labute approximate surface area is 275 Å². The van der Waals surface area contributed by atoms with Crippen molar-refractivity contribution in [2.45, 2.75) is 17.1 Å². The quantitative estimate of drug-likeness (QED) is 0.102. The molecule has 6 nitrogen and oxygen atoms in total. The van der Waals surface area contributed by atoms with Crippen molar-refractivity contribution in [2.75, 3.05) is 10.6 Å². The van der Waals surface area contributed by atoms with Crippen molar-refractivity contribution in [2.24, 2.45) is 0 Å². The van der Waals surface area contributed by atoms with Gasteiger partial charge in [0.25, 0.3) is 11.8 Å². The maximum atomic E-state index is 13.4. The molecule has 0 radical (unpaired) electrons. The maximum absolute atomic E-state index is 13.4. The van der Waals surface area contributed by atoms with Crippen LogP contribution >= 0.6 is 27.7 Å². The van der Waals surface area contributed by atoms with E-state index in [1.54, 1.807) is 42.5 Å². The Bertz CT molecular complexity index is 1810. The third kappa shape index (κ3) is 9.04. The Balaban J connectivity index is 1.32. The lowest BCUT2D eigenvalue weighted by Crippen LogP contribution is -2.30. The minimum Gasteiger partial charge on any atom is -0.325 e. The summed E-state index contributed by atoms with van der Waals surface area (Å²) in [6, 6.07) is 40.7. The van der Waals surface area contributed by atoms with Crippen molar-refractivity contribution < 1.29 is 14.4 Å². The van der Waals surface area contributed by atoms with Gasteiger partial charge in [0.2, 0.25) is 5.91 Å². The fourth-order valence-corrected chi connectivity index (χ4v) is 5.74. The molecule has 0 saturated heterocycles. The van der Waals surface area contributed by atoms with Crippen molar-refractivity contribution in [3.05, 3.63) is 166 Å². The van der Waals surface area contributed by atoms with Gasteiger partial charge in [-0.25, -0.2) is 0 Å². The number of thioether (sulfide) groups is 1. The summed E-state index contributed by atoms with van der Waals surface area (Å²) < 4.78 is 0.902. The first-order chi connectivity index (χ1) is 21.8. The van der Waals surface area contributed by atoms with Crippen molar-refractivity contribution >= 4 is 62.9 Å². The molecule has 224 valence electrons. The fourth-order valence-electron chi connectivity index (χ4n) is 4.45. The summed E-state index contributed by atoms with van der Waals surface area (Å²) in [5, 5.41) is 8.18. The summed E-state index contributed by atoms with van der Waals surface area (Å²) in [4.78, 5) is 40.7. The first-order valence-electron chi connectivity index (χ1n) is 14.2. The lowest BCUT2D eigenvalue weighted by Gasteiger charge is -2.18. The van der Waals surface area contributed by atoms with Gasteiger partial charge in [-0.15, -0.1) is 11.8 Å². The molecule has 5 rings (SSSR count). The molecule has 5 aromatic rings. The van der Waals surface area contributed by atoms with Gasteiger partial charge in [0.05, 0.1) is 0 Å². The van der Waals surface area contributed by atoms with E-state index in [4.69, 9.17) is 0 Å². The predicted octanol–water partition coefficient (Wildman–Crippen LogP) is 8.64. The minimum absolute atomic E-state index is 0.0987. The standard InChI is InChI=1S/C37H30BrN3O3S/c1-25-9-8-14-31(23-25)40-37(44)34(27-10-4-2-5-11-27)45-32-21-19-30(20-22-32)39-36(43)33(24-26-15-17-29(38)18-16-26)41-35(42)28-12-6-3-7-13-28/h2-24,34H,1H3,(H,39,43)(H,40,44)(H,41,42)/b33-24-. The number of carbonyl (C=O) groups excluding carboxylic acids is 3. The van der Waals surface area contributed by atoms with E-state index in [1.807, 2.05) is 104 Å². The Morgan fingerprint density at radius 1 is 0.711 bits per heavy atom. The highest BCUT2D eigenvalue weighted by molar-refractivity contribution is 9.10. The molecular formula is C37H30BrN3O3S. The van der Waals surface area contributed by atoms with E-state index in [2.05, 4.69) is 31.9 Å². The van der Waals surface area contributed by atoms with Gasteiger partial charge < -0.3 is 16.0 Å². The number of halogens is 1. The van der Waals surface area contributed by atoms with Crippen LogP contribution in [0, 0.1) is 6.92 Å². The molecule has 5 aromatic carbocycles. The van der Waals surface area contributed by atoms with Crippen LogP contribution in [0.25, 0.3) is 6.08 Å². The number of rotatable bonds is 10. The predicted molar refractivity (Wildman–Crippen MR) is 186 cm³/mol. The van der Waals surface area contributed by atoms with Gasteiger partial charge in [-0.2, -0.15) is 0 Å². The molecule has 0 bridgehead atoms. The number of hydrogen-bond acceptors (Lipinski definition) is 4. The van der Waals surface area contributed by atoms with E-state index in [-0.39, 0.29) is 11.6 Å². The SMILES string of the molecule is Cc1cccc(NC(=O)C(Sc2ccc(NC(=O)/C(=C/c3ccc(Br)cc3)NC(=O)c3ccccc3)cc2)c2ccccc2)c1. The minimum atomic E-state index is -0.499. The van der Waals surface area contributed by atoms with Crippen molar-refractivity contribution in [3.8, 4) is 0 Å². The first kappa shape index (κ1) is 31.5. The van der Waals surface area contributed by atoms with Gasteiger partial charge >= 0.3 is 0 Å². The number of amides is 3. The van der Waals surface area contributed by atoms with E-state index in [9.17, 15) is 14.4 Å². The third-order valence-electron chi connectivity index (χ3n) is 6.70. The highest BCUT2D eigenvalue weighted by atomic mass is 79.9. The molecule has 3 N–H and O–H groups in total. The normalized spacial score (nSPS) is 11.7. The molecule has 0 aliphatic carbocycles. The molecule has 1 atom stereocenters. The average Bonchev–Trinajstić information content (AvgIpc) is 3.05. The van der Waals surface area contributed by atoms with Crippen LogP contribution < -0.4 is 16.0 Å². The molecule has 0 fully saturated rings. The second-order valence-electron chi connectivity index (χ2n) is 10.2. The van der Waals surface area contributed by atoms with Crippen LogP contribution in [-0.4, -0.2) is 17.7 Å². The van der Waals surface area contributed by atoms with E-state index in [1.165, 1.54) is 11.8 Å². The summed E-state index contributed by atoms with van der Waals surface area (Å²) in [5.74, 6) is -0.995. The van der Waals surface area contributed by atoms with Crippen LogP contribution in [0.5, 0.6) is 0 Å². The second-order valence-corrected chi connectivity index (χ2v) is 12.3. The molecule has 0 aliphatic heterocycles. The van der Waals surface area contributed by atoms with Gasteiger partial charge in [0, 0.05) is 26.3 Å². The lowest BCUT2D eigenvalue weighted by atomic mass is 10.1. The van der Waals surface area contributed by atoms with Gasteiger partial charge in [0.1, 0.15) is 10.9 Å². The van der Waals surface area contributed by atoms with Crippen LogP contribution in [0.1, 0.15) is 32.3 Å². The average molecular weight is 677 g/mol. The Morgan fingerprint density at radius 2 is 1.38 bits per heavy atom. The molecule has 3 amide bonds. The highest BCUT2D eigenvalue weighted by Crippen LogP contribution is 2.37. The highest BCUT2D eigenvalue weighted by Gasteiger charge is 2.22. The zero-order valence-electron chi connectivity index (χ0n) is 24.4. The number of benzene rings is 5. The van der Waals surface area contributed by atoms with Gasteiger partial charge in [0.15, 0.2) is 0 Å². The van der Waals surface area contributed by atoms with Gasteiger partial charge in [-0.05, 0) is 90.4 Å². The largest absolute Gasteiger partial charge is 0.325 e. The Hall–Kier alpha value is -4.92. The molecule has 45 heavy (non-hydrogen) atoms. The third-order valence-corrected chi connectivity index (χ3v) is 8.50.